The lowest BCUT2D eigenvalue weighted by Gasteiger charge is -2.20. The van der Waals surface area contributed by atoms with Crippen LogP contribution in [0, 0.1) is 0 Å². The number of cyclic esters (lactones) is 2. The first-order valence-corrected chi connectivity index (χ1v) is 3.99. The van der Waals surface area contributed by atoms with E-state index in [0.29, 0.717) is 5.71 Å². The van der Waals surface area contributed by atoms with E-state index in [0.717, 1.165) is 0 Å². The summed E-state index contributed by atoms with van der Waals surface area (Å²) in [6, 6.07) is 0. The van der Waals surface area contributed by atoms with Gasteiger partial charge in [-0.15, -0.1) is 0 Å². The molecule has 0 saturated heterocycles. The van der Waals surface area contributed by atoms with Crippen molar-refractivity contribution in [1.82, 2.24) is 0 Å². The van der Waals surface area contributed by atoms with E-state index in [4.69, 9.17) is 4.74 Å². The van der Waals surface area contributed by atoms with Crippen molar-refractivity contribution in [2.75, 3.05) is 7.11 Å². The Bertz CT molecular complexity index is 392. The fourth-order valence-corrected chi connectivity index (χ4v) is 1.32. The van der Waals surface area contributed by atoms with E-state index in [1.165, 1.54) is 7.11 Å². The van der Waals surface area contributed by atoms with Crippen LogP contribution >= 0.6 is 0 Å². The molecule has 14 heavy (non-hydrogen) atoms. The molecule has 2 rings (SSSR count). The molecule has 1 aliphatic carbocycles. The molecule has 5 heteroatoms. The van der Waals surface area contributed by atoms with Gasteiger partial charge in [0, 0.05) is 7.11 Å². The molecule has 0 spiro atoms. The summed E-state index contributed by atoms with van der Waals surface area (Å²) in [5.74, 6) is -0.675. The lowest BCUT2D eigenvalue weighted by molar-refractivity contribution is -0.132. The van der Waals surface area contributed by atoms with Gasteiger partial charge in [0.1, 0.15) is 6.10 Å². The topological polar surface area (TPSA) is 65.0 Å². The van der Waals surface area contributed by atoms with E-state index in [1.807, 2.05) is 0 Å². The number of methoxy groups -OCH3 is 1. The van der Waals surface area contributed by atoms with Crippen LogP contribution in [0.3, 0.4) is 0 Å². The summed E-state index contributed by atoms with van der Waals surface area (Å²) < 4.78 is 9.36. The largest absolute Gasteiger partial charge is 0.441 e. The third-order valence-corrected chi connectivity index (χ3v) is 1.96. The summed E-state index contributed by atoms with van der Waals surface area (Å²) in [5, 5.41) is 0. The summed E-state index contributed by atoms with van der Waals surface area (Å²) >= 11 is 0. The van der Waals surface area contributed by atoms with Crippen molar-refractivity contribution in [3.05, 3.63) is 23.8 Å². The second-order valence-corrected chi connectivity index (χ2v) is 2.77. The van der Waals surface area contributed by atoms with Gasteiger partial charge in [-0.05, 0) is 12.2 Å². The molecular weight excluding hydrogens is 186 g/mol. The number of rotatable bonds is 1. The molecule has 5 nitrogen and oxygen atoms in total. The Morgan fingerprint density at radius 2 is 2.29 bits per heavy atom. The van der Waals surface area contributed by atoms with Gasteiger partial charge in [0.15, 0.2) is 0 Å². The number of carbonyl (C=O) groups excluding carboxylic acids is 2. The maximum Gasteiger partial charge on any atom is 0.441 e. The molecule has 1 atom stereocenters. The Kier molecular flexibility index (Phi) is 2.01. The minimum absolute atomic E-state index is 0.277. The van der Waals surface area contributed by atoms with Crippen LogP contribution in [-0.4, -0.2) is 31.0 Å². The zero-order valence-electron chi connectivity index (χ0n) is 7.39. The predicted octanol–water partition coefficient (Wildman–Crippen LogP) is 0.615. The highest BCUT2D eigenvalue weighted by molar-refractivity contribution is 6.28. The van der Waals surface area contributed by atoms with Crippen LogP contribution < -0.4 is 0 Å². The standard InChI is InChI=1S/C9H7NO4/c1-13-6-4-2-3-5-7(6)10-9(12)14-8(5)11/h2-4,6H,1H3. The molecule has 0 radical (unpaired) electrons. The summed E-state index contributed by atoms with van der Waals surface area (Å²) in [7, 11) is 1.48. The molecular formula is C9H7NO4. The zero-order chi connectivity index (χ0) is 10.1. The monoisotopic (exact) mass is 193 g/mol. The molecule has 0 aromatic carbocycles. The number of nitrogens with zero attached hydrogens (tertiary/aromatic N) is 1. The Labute approximate surface area is 79.7 Å². The third kappa shape index (κ3) is 1.27. The highest BCUT2D eigenvalue weighted by Gasteiger charge is 2.32. The summed E-state index contributed by atoms with van der Waals surface area (Å²) in [5.41, 5.74) is 0.593. The first-order chi connectivity index (χ1) is 6.72. The van der Waals surface area contributed by atoms with Crippen molar-refractivity contribution in [3.63, 3.8) is 0 Å². The van der Waals surface area contributed by atoms with Crippen LogP contribution in [-0.2, 0) is 14.3 Å². The molecule has 0 aromatic rings. The van der Waals surface area contributed by atoms with Gasteiger partial charge in [-0.25, -0.2) is 9.59 Å². The van der Waals surface area contributed by atoms with Gasteiger partial charge < -0.3 is 9.47 Å². The van der Waals surface area contributed by atoms with Gasteiger partial charge >= 0.3 is 12.1 Å². The number of carbonyl (C=O) groups is 2. The quantitative estimate of drug-likeness (QED) is 0.452. The normalized spacial score (nSPS) is 25.1. The van der Waals surface area contributed by atoms with E-state index in [-0.39, 0.29) is 5.57 Å². The Morgan fingerprint density at radius 3 is 3.00 bits per heavy atom. The molecule has 0 fully saturated rings. The molecule has 1 unspecified atom stereocenters. The average molecular weight is 193 g/mol. The van der Waals surface area contributed by atoms with Crippen LogP contribution in [0.2, 0.25) is 0 Å². The average Bonchev–Trinajstić information content (AvgIpc) is 2.17. The molecule has 1 amide bonds. The zero-order valence-corrected chi connectivity index (χ0v) is 7.39. The van der Waals surface area contributed by atoms with Gasteiger partial charge in [-0.3, -0.25) is 0 Å². The fraction of sp³-hybridized carbons (Fsp3) is 0.222. The SMILES string of the molecule is COC1C=CC=C2C(=O)OC(=O)N=C21. The summed E-state index contributed by atoms with van der Waals surface area (Å²) in [6.07, 6.45) is 3.57. The van der Waals surface area contributed by atoms with Crippen molar-refractivity contribution in [2.45, 2.75) is 6.10 Å². The molecule has 0 saturated carbocycles. The lowest BCUT2D eigenvalue weighted by atomic mass is 9.99. The fourth-order valence-electron chi connectivity index (χ4n) is 1.32. The second kappa shape index (κ2) is 3.19. The number of hydrogen-bond acceptors (Lipinski definition) is 4. The highest BCUT2D eigenvalue weighted by atomic mass is 16.6. The van der Waals surface area contributed by atoms with Crippen LogP contribution in [0.1, 0.15) is 0 Å². The Morgan fingerprint density at radius 1 is 1.50 bits per heavy atom. The van der Waals surface area contributed by atoms with Crippen molar-refractivity contribution >= 4 is 17.8 Å². The predicted molar refractivity (Wildman–Crippen MR) is 46.9 cm³/mol. The number of fused-ring (bicyclic) bond motifs is 1. The minimum atomic E-state index is -0.889. The van der Waals surface area contributed by atoms with E-state index in [9.17, 15) is 9.59 Å². The van der Waals surface area contributed by atoms with Gasteiger partial charge in [-0.2, -0.15) is 4.99 Å². The second-order valence-electron chi connectivity index (χ2n) is 2.77. The minimum Gasteiger partial charge on any atom is -0.371 e. The van der Waals surface area contributed by atoms with Crippen molar-refractivity contribution in [3.8, 4) is 0 Å². The summed E-state index contributed by atoms with van der Waals surface area (Å²) in [6.45, 7) is 0. The highest BCUT2D eigenvalue weighted by Crippen LogP contribution is 2.18. The van der Waals surface area contributed by atoms with Gasteiger partial charge in [-0.1, -0.05) is 6.08 Å². The van der Waals surface area contributed by atoms with Crippen molar-refractivity contribution < 1.29 is 19.1 Å². The number of aliphatic imine (C=N–C) groups is 1. The van der Waals surface area contributed by atoms with Crippen LogP contribution in [0.25, 0.3) is 0 Å². The van der Waals surface area contributed by atoms with Gasteiger partial charge in [0.05, 0.1) is 11.3 Å². The molecule has 1 aliphatic heterocycles. The van der Waals surface area contributed by atoms with E-state index in [1.54, 1.807) is 18.2 Å². The Balaban J connectivity index is 2.46. The van der Waals surface area contributed by atoms with Gasteiger partial charge in [0.25, 0.3) is 0 Å². The van der Waals surface area contributed by atoms with Crippen LogP contribution in [0.4, 0.5) is 4.79 Å². The smallest absolute Gasteiger partial charge is 0.371 e. The maximum absolute atomic E-state index is 11.2. The lowest BCUT2D eigenvalue weighted by Crippen LogP contribution is -2.34. The molecule has 2 aliphatic rings. The Hall–Kier alpha value is -1.75. The molecule has 0 aromatic heterocycles. The molecule has 0 bridgehead atoms. The number of ether oxygens (including phenoxy) is 2. The molecule has 1 heterocycles. The van der Waals surface area contributed by atoms with Gasteiger partial charge in [0.2, 0.25) is 0 Å². The third-order valence-electron chi connectivity index (χ3n) is 1.96. The molecule has 0 N–H and O–H groups in total. The number of esters is 1. The van der Waals surface area contributed by atoms with Crippen LogP contribution in [0.5, 0.6) is 0 Å². The van der Waals surface area contributed by atoms with Crippen LogP contribution in [0.15, 0.2) is 28.8 Å². The maximum atomic E-state index is 11.2. The van der Waals surface area contributed by atoms with Crippen molar-refractivity contribution in [1.29, 1.82) is 0 Å². The number of amides is 1. The summed E-state index contributed by atoms with van der Waals surface area (Å²) in [4.78, 5) is 25.7. The first kappa shape index (κ1) is 8.83. The molecule has 72 valence electrons. The van der Waals surface area contributed by atoms with E-state index < -0.39 is 18.2 Å². The van der Waals surface area contributed by atoms with E-state index in [2.05, 4.69) is 9.73 Å². The van der Waals surface area contributed by atoms with Crippen molar-refractivity contribution in [2.24, 2.45) is 4.99 Å². The van der Waals surface area contributed by atoms with E-state index >= 15 is 0 Å². The first-order valence-electron chi connectivity index (χ1n) is 3.99. The number of allylic oxidation sites excluding steroid dienone is 2. The number of hydrogen-bond donors (Lipinski definition) is 0.